The third-order valence-corrected chi connectivity index (χ3v) is 3.72. The topological polar surface area (TPSA) is 56.5 Å². The highest BCUT2D eigenvalue weighted by Gasteiger charge is 2.25. The lowest BCUT2D eigenvalue weighted by atomic mass is 10.1. The van der Waals surface area contributed by atoms with E-state index in [0.29, 0.717) is 23.2 Å². The molecular weight excluding hydrogens is 240 g/mol. The Labute approximate surface area is 115 Å². The van der Waals surface area contributed by atoms with Crippen LogP contribution < -0.4 is 20.5 Å². The lowest BCUT2D eigenvalue weighted by Crippen LogP contribution is -2.20. The van der Waals surface area contributed by atoms with E-state index in [4.69, 9.17) is 15.2 Å². The zero-order valence-electron chi connectivity index (χ0n) is 12.0. The van der Waals surface area contributed by atoms with Gasteiger partial charge in [-0.3, -0.25) is 0 Å². The number of ether oxygens (including phenoxy) is 2. The molecule has 0 amide bonds. The average molecular weight is 264 g/mol. The first-order chi connectivity index (χ1) is 9.17. The van der Waals surface area contributed by atoms with Crippen LogP contribution in [0, 0.1) is 5.92 Å². The van der Waals surface area contributed by atoms with Gasteiger partial charge in [0.1, 0.15) is 0 Å². The Hall–Kier alpha value is -1.58. The summed E-state index contributed by atoms with van der Waals surface area (Å²) in [5.74, 6) is 2.28. The molecule has 106 valence electrons. The Morgan fingerprint density at radius 2 is 1.89 bits per heavy atom. The fourth-order valence-electron chi connectivity index (χ4n) is 2.32. The van der Waals surface area contributed by atoms with Crippen LogP contribution in [0.15, 0.2) is 12.1 Å². The van der Waals surface area contributed by atoms with E-state index in [2.05, 4.69) is 12.2 Å². The van der Waals surface area contributed by atoms with Crippen molar-refractivity contribution in [1.82, 2.24) is 0 Å². The van der Waals surface area contributed by atoms with Crippen LogP contribution in [0.4, 0.5) is 11.4 Å². The molecule has 1 aromatic rings. The third kappa shape index (κ3) is 3.46. The highest BCUT2D eigenvalue weighted by Crippen LogP contribution is 2.38. The molecule has 1 atom stereocenters. The van der Waals surface area contributed by atoms with Crippen molar-refractivity contribution in [2.24, 2.45) is 5.92 Å². The summed E-state index contributed by atoms with van der Waals surface area (Å²) in [6.45, 7) is 2.21. The maximum atomic E-state index is 6.07. The Kier molecular flexibility index (Phi) is 4.40. The molecule has 2 rings (SSSR count). The lowest BCUT2D eigenvalue weighted by molar-refractivity contribution is 0.355. The minimum absolute atomic E-state index is 0.480. The maximum absolute atomic E-state index is 6.07. The molecule has 19 heavy (non-hydrogen) atoms. The van der Waals surface area contributed by atoms with Gasteiger partial charge in [0.2, 0.25) is 0 Å². The molecule has 0 saturated heterocycles. The van der Waals surface area contributed by atoms with Crippen molar-refractivity contribution in [3.63, 3.8) is 0 Å². The van der Waals surface area contributed by atoms with Crippen LogP contribution in [0.25, 0.3) is 0 Å². The van der Waals surface area contributed by atoms with Gasteiger partial charge in [0.05, 0.1) is 25.6 Å². The summed E-state index contributed by atoms with van der Waals surface area (Å²) < 4.78 is 10.6. The maximum Gasteiger partial charge on any atom is 0.162 e. The van der Waals surface area contributed by atoms with Crippen LogP contribution in [0.2, 0.25) is 0 Å². The van der Waals surface area contributed by atoms with Crippen molar-refractivity contribution >= 4 is 11.4 Å². The molecule has 1 saturated carbocycles. The van der Waals surface area contributed by atoms with Gasteiger partial charge in [-0.25, -0.2) is 0 Å². The minimum atomic E-state index is 0.480. The van der Waals surface area contributed by atoms with Gasteiger partial charge in [-0.1, -0.05) is 19.8 Å². The van der Waals surface area contributed by atoms with E-state index in [-0.39, 0.29) is 0 Å². The summed E-state index contributed by atoms with van der Waals surface area (Å²) in [4.78, 5) is 0. The molecule has 0 bridgehead atoms. The average Bonchev–Trinajstić information content (AvgIpc) is 3.23. The number of anilines is 2. The predicted octanol–water partition coefficient (Wildman–Crippen LogP) is 3.28. The van der Waals surface area contributed by atoms with Gasteiger partial charge in [-0.15, -0.1) is 0 Å². The van der Waals surface area contributed by atoms with Crippen LogP contribution in [-0.4, -0.2) is 20.3 Å². The molecule has 0 radical (unpaired) electrons. The molecule has 4 nitrogen and oxygen atoms in total. The normalized spacial score (nSPS) is 15.9. The number of benzene rings is 1. The summed E-state index contributed by atoms with van der Waals surface area (Å²) in [6, 6.07) is 4.21. The first-order valence-electron chi connectivity index (χ1n) is 6.96. The van der Waals surface area contributed by atoms with Crippen LogP contribution in [0.1, 0.15) is 32.6 Å². The molecule has 1 aliphatic rings. The number of nitrogen functional groups attached to an aromatic ring is 1. The minimum Gasteiger partial charge on any atom is -0.493 e. The number of nitrogens with one attached hydrogen (secondary N) is 1. The van der Waals surface area contributed by atoms with Crippen molar-refractivity contribution in [2.45, 2.75) is 38.6 Å². The second kappa shape index (κ2) is 6.04. The lowest BCUT2D eigenvalue weighted by Gasteiger charge is -2.20. The Balaban J connectivity index is 2.13. The molecule has 3 N–H and O–H groups in total. The van der Waals surface area contributed by atoms with Gasteiger partial charge in [-0.05, 0) is 18.8 Å². The first kappa shape index (κ1) is 13.8. The molecule has 0 spiro atoms. The predicted molar refractivity (Wildman–Crippen MR) is 79.0 cm³/mol. The monoisotopic (exact) mass is 264 g/mol. The van der Waals surface area contributed by atoms with E-state index in [0.717, 1.165) is 18.0 Å². The molecule has 1 aromatic carbocycles. The Morgan fingerprint density at radius 1 is 1.26 bits per heavy atom. The van der Waals surface area contributed by atoms with Crippen LogP contribution in [-0.2, 0) is 0 Å². The SMILES string of the molecule is CCC(CC1CC1)Nc1cc(OC)c(OC)cc1N. The fourth-order valence-corrected chi connectivity index (χ4v) is 2.32. The van der Waals surface area contributed by atoms with E-state index >= 15 is 0 Å². The number of hydrogen-bond donors (Lipinski definition) is 2. The summed E-state index contributed by atoms with van der Waals surface area (Å²) in [7, 11) is 3.26. The number of hydrogen-bond acceptors (Lipinski definition) is 4. The van der Waals surface area contributed by atoms with E-state index in [1.165, 1.54) is 19.3 Å². The highest BCUT2D eigenvalue weighted by atomic mass is 16.5. The molecule has 1 aliphatic carbocycles. The van der Waals surface area contributed by atoms with Gasteiger partial charge >= 0.3 is 0 Å². The summed E-state index contributed by atoms with van der Waals surface area (Å²) in [5, 5.41) is 3.53. The number of methoxy groups -OCH3 is 2. The standard InChI is InChI=1S/C15H24N2O2/c1-4-11(7-10-5-6-10)17-13-9-15(19-3)14(18-2)8-12(13)16/h8-11,17H,4-7,16H2,1-3H3. The molecular formula is C15H24N2O2. The van der Waals surface area contributed by atoms with Gasteiger partial charge in [0.25, 0.3) is 0 Å². The van der Waals surface area contributed by atoms with Gasteiger partial charge in [-0.2, -0.15) is 0 Å². The van der Waals surface area contributed by atoms with E-state index in [1.54, 1.807) is 14.2 Å². The van der Waals surface area contributed by atoms with Crippen LogP contribution in [0.5, 0.6) is 11.5 Å². The number of rotatable bonds is 7. The summed E-state index contributed by atoms with van der Waals surface area (Å²) in [5.41, 5.74) is 7.71. The number of nitrogens with two attached hydrogens (primary N) is 1. The van der Waals surface area contributed by atoms with Crippen molar-refractivity contribution in [3.05, 3.63) is 12.1 Å². The van der Waals surface area contributed by atoms with Crippen molar-refractivity contribution in [3.8, 4) is 11.5 Å². The fraction of sp³-hybridized carbons (Fsp3) is 0.600. The highest BCUT2D eigenvalue weighted by molar-refractivity contribution is 5.72. The third-order valence-electron chi connectivity index (χ3n) is 3.72. The molecule has 1 unspecified atom stereocenters. The van der Waals surface area contributed by atoms with Gasteiger partial charge in [0.15, 0.2) is 11.5 Å². The second-order valence-corrected chi connectivity index (χ2v) is 5.22. The van der Waals surface area contributed by atoms with Crippen molar-refractivity contribution in [1.29, 1.82) is 0 Å². The quantitative estimate of drug-likeness (QED) is 0.742. The molecule has 0 aliphatic heterocycles. The second-order valence-electron chi connectivity index (χ2n) is 5.22. The zero-order chi connectivity index (χ0) is 13.8. The Bertz CT molecular complexity index is 430. The van der Waals surface area contributed by atoms with Crippen molar-refractivity contribution in [2.75, 3.05) is 25.3 Å². The molecule has 4 heteroatoms. The van der Waals surface area contributed by atoms with E-state index in [1.807, 2.05) is 12.1 Å². The molecule has 0 heterocycles. The van der Waals surface area contributed by atoms with Crippen LogP contribution in [0.3, 0.4) is 0 Å². The van der Waals surface area contributed by atoms with E-state index in [9.17, 15) is 0 Å². The zero-order valence-corrected chi connectivity index (χ0v) is 12.0. The smallest absolute Gasteiger partial charge is 0.162 e. The van der Waals surface area contributed by atoms with Crippen LogP contribution >= 0.6 is 0 Å². The van der Waals surface area contributed by atoms with Gasteiger partial charge in [0, 0.05) is 18.2 Å². The summed E-state index contributed by atoms with van der Waals surface area (Å²) >= 11 is 0. The molecule has 1 fully saturated rings. The molecule has 0 aromatic heterocycles. The van der Waals surface area contributed by atoms with Gasteiger partial charge < -0.3 is 20.5 Å². The first-order valence-corrected chi connectivity index (χ1v) is 6.96. The van der Waals surface area contributed by atoms with Crippen molar-refractivity contribution < 1.29 is 9.47 Å². The van der Waals surface area contributed by atoms with E-state index < -0.39 is 0 Å². The largest absolute Gasteiger partial charge is 0.493 e. The Morgan fingerprint density at radius 3 is 2.42 bits per heavy atom. The summed E-state index contributed by atoms with van der Waals surface area (Å²) in [6.07, 6.45) is 5.08.